The van der Waals surface area contributed by atoms with E-state index < -0.39 is 5.91 Å². The van der Waals surface area contributed by atoms with Crippen molar-refractivity contribution in [3.8, 4) is 0 Å². The molecule has 3 N–H and O–H groups in total. The molecule has 0 aliphatic carbocycles. The van der Waals surface area contributed by atoms with Crippen LogP contribution >= 0.6 is 0 Å². The van der Waals surface area contributed by atoms with Crippen LogP contribution in [0.15, 0.2) is 36.7 Å². The van der Waals surface area contributed by atoms with Gasteiger partial charge >= 0.3 is 0 Å². The molecule has 0 bridgehead atoms. The van der Waals surface area contributed by atoms with Crippen molar-refractivity contribution in [3.05, 3.63) is 47.9 Å². The normalized spacial score (nSPS) is 13.9. The molecule has 7 nitrogen and oxygen atoms in total. The molecule has 1 fully saturated rings. The highest BCUT2D eigenvalue weighted by molar-refractivity contribution is 6.01. The van der Waals surface area contributed by atoms with Crippen LogP contribution in [-0.2, 0) is 0 Å². The quantitative estimate of drug-likeness (QED) is 0.740. The number of aromatic amines is 1. The van der Waals surface area contributed by atoms with Gasteiger partial charge in [-0.3, -0.25) is 20.4 Å². The van der Waals surface area contributed by atoms with E-state index in [1.54, 1.807) is 36.7 Å². The number of hydrogen-bond donors (Lipinski definition) is 3. The Hall–Kier alpha value is -2.83. The topological polar surface area (TPSA) is 90.1 Å². The van der Waals surface area contributed by atoms with Gasteiger partial charge in [0.2, 0.25) is 0 Å². The summed E-state index contributed by atoms with van der Waals surface area (Å²) < 4.78 is 0. The fraction of sp³-hybridized carbons (Fsp3) is 0.267. The number of rotatable bonds is 3. The fourth-order valence-corrected chi connectivity index (χ4v) is 2.47. The smallest absolute Gasteiger partial charge is 0.286 e. The third-order valence-corrected chi connectivity index (χ3v) is 3.57. The van der Waals surface area contributed by atoms with Gasteiger partial charge in [0.25, 0.3) is 11.8 Å². The number of H-pyrrole nitrogens is 1. The molecule has 0 aromatic carbocycles. The van der Waals surface area contributed by atoms with E-state index in [4.69, 9.17) is 0 Å². The standard InChI is InChI=1S/C15H17N5O2/c21-14(18-19-15(22)12-6-4-7-16-12)11-5-3-8-17-13(11)20-9-1-2-10-20/h3-8,16H,1-2,9-10H2,(H,18,21)(H,19,22). The molecule has 2 amide bonds. The first-order chi connectivity index (χ1) is 10.8. The lowest BCUT2D eigenvalue weighted by Crippen LogP contribution is -2.42. The lowest BCUT2D eigenvalue weighted by molar-refractivity contribution is 0.0844. The van der Waals surface area contributed by atoms with E-state index in [-0.39, 0.29) is 5.91 Å². The Morgan fingerprint density at radius 3 is 2.59 bits per heavy atom. The molecule has 1 saturated heterocycles. The second-order valence-electron chi connectivity index (χ2n) is 5.06. The zero-order valence-electron chi connectivity index (χ0n) is 12.0. The van der Waals surface area contributed by atoms with E-state index in [0.29, 0.717) is 17.1 Å². The molecule has 0 spiro atoms. The first kappa shape index (κ1) is 14.1. The summed E-state index contributed by atoms with van der Waals surface area (Å²) in [5, 5.41) is 0. The number of pyridine rings is 1. The molecule has 0 saturated carbocycles. The van der Waals surface area contributed by atoms with Gasteiger partial charge in [-0.2, -0.15) is 0 Å². The van der Waals surface area contributed by atoms with Crippen LogP contribution < -0.4 is 15.8 Å². The number of nitrogens with one attached hydrogen (secondary N) is 3. The van der Waals surface area contributed by atoms with Gasteiger partial charge in [0.15, 0.2) is 0 Å². The summed E-state index contributed by atoms with van der Waals surface area (Å²) in [5.74, 6) is -0.119. The number of carbonyl (C=O) groups excluding carboxylic acids is 2. The number of hydrogen-bond acceptors (Lipinski definition) is 4. The minimum Gasteiger partial charge on any atom is -0.357 e. The molecular formula is C15H17N5O2. The summed E-state index contributed by atoms with van der Waals surface area (Å²) >= 11 is 0. The predicted molar refractivity (Wildman–Crippen MR) is 81.4 cm³/mol. The zero-order chi connectivity index (χ0) is 15.4. The molecular weight excluding hydrogens is 282 g/mol. The van der Waals surface area contributed by atoms with E-state index >= 15 is 0 Å². The third-order valence-electron chi connectivity index (χ3n) is 3.57. The third kappa shape index (κ3) is 2.93. The minimum atomic E-state index is -0.398. The molecule has 22 heavy (non-hydrogen) atoms. The number of hydrazine groups is 1. The summed E-state index contributed by atoms with van der Waals surface area (Å²) in [5.41, 5.74) is 5.65. The molecule has 0 radical (unpaired) electrons. The van der Waals surface area contributed by atoms with Crippen LogP contribution in [-0.4, -0.2) is 34.9 Å². The Labute approximate surface area is 127 Å². The molecule has 1 aliphatic rings. The fourth-order valence-electron chi connectivity index (χ4n) is 2.47. The highest BCUT2D eigenvalue weighted by atomic mass is 16.2. The van der Waals surface area contributed by atoms with Crippen LogP contribution in [0.1, 0.15) is 33.7 Å². The minimum absolute atomic E-state index is 0.380. The second-order valence-corrected chi connectivity index (χ2v) is 5.06. The molecule has 1 aliphatic heterocycles. The van der Waals surface area contributed by atoms with Crippen molar-refractivity contribution in [2.75, 3.05) is 18.0 Å². The first-order valence-corrected chi connectivity index (χ1v) is 7.20. The molecule has 3 heterocycles. The monoisotopic (exact) mass is 299 g/mol. The van der Waals surface area contributed by atoms with Gasteiger partial charge in [-0.25, -0.2) is 4.98 Å². The molecule has 114 valence electrons. The summed E-state index contributed by atoms with van der Waals surface area (Å²) in [4.78, 5) is 33.3. The lowest BCUT2D eigenvalue weighted by atomic mass is 10.2. The summed E-state index contributed by atoms with van der Waals surface area (Å²) in [7, 11) is 0. The average Bonchev–Trinajstić information content (AvgIpc) is 3.24. The van der Waals surface area contributed by atoms with Crippen molar-refractivity contribution in [3.63, 3.8) is 0 Å². The van der Waals surface area contributed by atoms with E-state index in [1.807, 2.05) is 0 Å². The number of carbonyl (C=O) groups is 2. The van der Waals surface area contributed by atoms with Crippen LogP contribution in [0.3, 0.4) is 0 Å². The van der Waals surface area contributed by atoms with Crippen molar-refractivity contribution < 1.29 is 9.59 Å². The van der Waals surface area contributed by atoms with E-state index in [1.165, 1.54) is 0 Å². The van der Waals surface area contributed by atoms with Crippen molar-refractivity contribution in [2.45, 2.75) is 12.8 Å². The van der Waals surface area contributed by atoms with Gasteiger partial charge in [0.05, 0.1) is 5.56 Å². The number of aromatic nitrogens is 2. The van der Waals surface area contributed by atoms with Gasteiger partial charge in [0.1, 0.15) is 11.5 Å². The number of nitrogens with zero attached hydrogens (tertiary/aromatic N) is 2. The van der Waals surface area contributed by atoms with Gasteiger partial charge < -0.3 is 9.88 Å². The van der Waals surface area contributed by atoms with E-state index in [0.717, 1.165) is 25.9 Å². The van der Waals surface area contributed by atoms with Gasteiger partial charge in [-0.15, -0.1) is 0 Å². The maximum Gasteiger partial charge on any atom is 0.286 e. The highest BCUT2D eigenvalue weighted by Gasteiger charge is 2.20. The van der Waals surface area contributed by atoms with Crippen molar-refractivity contribution in [2.24, 2.45) is 0 Å². The van der Waals surface area contributed by atoms with E-state index in [9.17, 15) is 9.59 Å². The lowest BCUT2D eigenvalue weighted by Gasteiger charge is -2.19. The Balaban J connectivity index is 1.68. The summed E-state index contributed by atoms with van der Waals surface area (Å²) in [6.45, 7) is 1.79. The molecule has 2 aromatic heterocycles. The maximum atomic E-state index is 12.3. The zero-order valence-corrected chi connectivity index (χ0v) is 12.0. The van der Waals surface area contributed by atoms with Crippen molar-refractivity contribution >= 4 is 17.6 Å². The number of anilines is 1. The Bertz CT molecular complexity index is 662. The Morgan fingerprint density at radius 2 is 1.86 bits per heavy atom. The van der Waals surface area contributed by atoms with Gasteiger partial charge in [0, 0.05) is 25.5 Å². The Morgan fingerprint density at radius 1 is 1.09 bits per heavy atom. The van der Waals surface area contributed by atoms with Crippen LogP contribution in [0.5, 0.6) is 0 Å². The molecule has 0 atom stereocenters. The van der Waals surface area contributed by atoms with Crippen molar-refractivity contribution in [1.82, 2.24) is 20.8 Å². The van der Waals surface area contributed by atoms with Gasteiger partial charge in [-0.1, -0.05) is 0 Å². The van der Waals surface area contributed by atoms with Crippen LogP contribution in [0, 0.1) is 0 Å². The molecule has 2 aromatic rings. The summed E-state index contributed by atoms with van der Waals surface area (Å²) in [6.07, 6.45) is 5.51. The van der Waals surface area contributed by atoms with Crippen LogP contribution in [0.2, 0.25) is 0 Å². The van der Waals surface area contributed by atoms with Crippen LogP contribution in [0.25, 0.3) is 0 Å². The van der Waals surface area contributed by atoms with Gasteiger partial charge in [-0.05, 0) is 37.1 Å². The Kier molecular flexibility index (Phi) is 4.04. The predicted octanol–water partition coefficient (Wildman–Crippen LogP) is 1.08. The van der Waals surface area contributed by atoms with E-state index in [2.05, 4.69) is 25.7 Å². The first-order valence-electron chi connectivity index (χ1n) is 7.20. The largest absolute Gasteiger partial charge is 0.357 e. The highest BCUT2D eigenvalue weighted by Crippen LogP contribution is 2.21. The van der Waals surface area contributed by atoms with Crippen LogP contribution in [0.4, 0.5) is 5.82 Å². The summed E-state index contributed by atoms with van der Waals surface area (Å²) in [6, 6.07) is 6.75. The second kappa shape index (κ2) is 6.30. The molecule has 3 rings (SSSR count). The molecule has 0 unspecified atom stereocenters. The number of amides is 2. The SMILES string of the molecule is O=C(NNC(=O)c1cccnc1N1CCCC1)c1ccc[nH]1. The maximum absolute atomic E-state index is 12.3. The molecule has 7 heteroatoms. The van der Waals surface area contributed by atoms with Crippen molar-refractivity contribution in [1.29, 1.82) is 0 Å². The average molecular weight is 299 g/mol.